The third kappa shape index (κ3) is 4.96. The van der Waals surface area contributed by atoms with E-state index in [4.69, 9.17) is 0 Å². The molecule has 3 rings (SSSR count). The molecule has 1 aliphatic rings. The van der Waals surface area contributed by atoms with Gasteiger partial charge in [0.25, 0.3) is 0 Å². The van der Waals surface area contributed by atoms with Gasteiger partial charge in [-0.05, 0) is 43.4 Å². The molecule has 7 heteroatoms. The SMILES string of the molecule is C=CC(=O)Nc1cccc(NCc2nc(SC)cnc2NC2CC2)c1. The number of hydrogen-bond acceptors (Lipinski definition) is 6. The molecule has 0 bridgehead atoms. The molecular formula is C18H21N5OS. The molecule has 1 aliphatic carbocycles. The highest BCUT2D eigenvalue weighted by molar-refractivity contribution is 7.98. The number of carbonyl (C=O) groups excluding carboxylic acids is 1. The van der Waals surface area contributed by atoms with Crippen molar-refractivity contribution in [3.8, 4) is 0 Å². The number of hydrogen-bond donors (Lipinski definition) is 3. The molecule has 1 aromatic heterocycles. The number of anilines is 3. The fraction of sp³-hybridized carbons (Fsp3) is 0.278. The second kappa shape index (κ2) is 8.02. The molecule has 0 spiro atoms. The summed E-state index contributed by atoms with van der Waals surface area (Å²) in [5.41, 5.74) is 2.50. The van der Waals surface area contributed by atoms with Gasteiger partial charge < -0.3 is 16.0 Å². The Morgan fingerprint density at radius 3 is 2.92 bits per heavy atom. The normalized spacial score (nSPS) is 13.2. The molecule has 130 valence electrons. The van der Waals surface area contributed by atoms with E-state index in [0.717, 1.165) is 27.9 Å². The molecule has 0 saturated heterocycles. The van der Waals surface area contributed by atoms with Gasteiger partial charge in [0, 0.05) is 17.4 Å². The summed E-state index contributed by atoms with van der Waals surface area (Å²) < 4.78 is 0. The van der Waals surface area contributed by atoms with Crippen molar-refractivity contribution >= 4 is 34.9 Å². The lowest BCUT2D eigenvalue weighted by Crippen LogP contribution is -2.12. The summed E-state index contributed by atoms with van der Waals surface area (Å²) in [7, 11) is 0. The van der Waals surface area contributed by atoms with Gasteiger partial charge in [-0.25, -0.2) is 9.97 Å². The van der Waals surface area contributed by atoms with E-state index >= 15 is 0 Å². The lowest BCUT2D eigenvalue weighted by atomic mass is 10.2. The Morgan fingerprint density at radius 1 is 1.40 bits per heavy atom. The third-order valence-corrected chi connectivity index (χ3v) is 4.34. The van der Waals surface area contributed by atoms with Crippen LogP contribution in [0.5, 0.6) is 0 Å². The Labute approximate surface area is 151 Å². The monoisotopic (exact) mass is 355 g/mol. The van der Waals surface area contributed by atoms with Crippen molar-refractivity contribution in [3.63, 3.8) is 0 Å². The molecule has 1 aromatic carbocycles. The molecule has 0 radical (unpaired) electrons. The molecule has 2 aromatic rings. The topological polar surface area (TPSA) is 78.9 Å². The predicted molar refractivity (Wildman–Crippen MR) is 103 cm³/mol. The van der Waals surface area contributed by atoms with Crippen LogP contribution in [0.25, 0.3) is 0 Å². The molecule has 1 heterocycles. The summed E-state index contributed by atoms with van der Waals surface area (Å²) in [6.45, 7) is 4.01. The van der Waals surface area contributed by atoms with Crippen LogP contribution in [-0.2, 0) is 11.3 Å². The summed E-state index contributed by atoms with van der Waals surface area (Å²) in [4.78, 5) is 20.6. The molecular weight excluding hydrogens is 334 g/mol. The Hall–Kier alpha value is -2.54. The molecule has 0 aliphatic heterocycles. The standard InChI is InChI=1S/C18H21N5OS/c1-3-16(24)21-14-6-4-5-13(9-14)19-10-15-18(22-12-7-8-12)20-11-17(23-15)25-2/h3-6,9,11-12,19H,1,7-8,10H2,2H3,(H,20,22)(H,21,24). The number of carbonyl (C=O) groups is 1. The van der Waals surface area contributed by atoms with Crippen LogP contribution in [0.4, 0.5) is 17.2 Å². The van der Waals surface area contributed by atoms with Crippen LogP contribution in [0.2, 0.25) is 0 Å². The second-order valence-electron chi connectivity index (χ2n) is 5.75. The zero-order chi connectivity index (χ0) is 17.6. The Morgan fingerprint density at radius 2 is 2.20 bits per heavy atom. The third-order valence-electron chi connectivity index (χ3n) is 3.73. The molecule has 6 nitrogen and oxygen atoms in total. The van der Waals surface area contributed by atoms with Gasteiger partial charge in [0.15, 0.2) is 0 Å². The highest BCUT2D eigenvalue weighted by atomic mass is 32.2. The van der Waals surface area contributed by atoms with Crippen molar-refractivity contribution in [2.45, 2.75) is 30.5 Å². The van der Waals surface area contributed by atoms with E-state index < -0.39 is 0 Å². The quantitative estimate of drug-likeness (QED) is 0.497. The van der Waals surface area contributed by atoms with Crippen molar-refractivity contribution < 1.29 is 4.79 Å². The van der Waals surface area contributed by atoms with Crippen LogP contribution >= 0.6 is 11.8 Å². The van der Waals surface area contributed by atoms with Crippen molar-refractivity contribution in [2.75, 3.05) is 22.2 Å². The van der Waals surface area contributed by atoms with Gasteiger partial charge in [-0.2, -0.15) is 0 Å². The summed E-state index contributed by atoms with van der Waals surface area (Å²) in [5, 5.41) is 10.4. The lowest BCUT2D eigenvalue weighted by molar-refractivity contribution is -0.111. The molecule has 3 N–H and O–H groups in total. The van der Waals surface area contributed by atoms with Crippen molar-refractivity contribution in [1.29, 1.82) is 0 Å². The van der Waals surface area contributed by atoms with Gasteiger partial charge in [0.05, 0.1) is 12.7 Å². The minimum absolute atomic E-state index is 0.230. The lowest BCUT2D eigenvalue weighted by Gasteiger charge is -2.13. The van der Waals surface area contributed by atoms with Crippen LogP contribution in [-0.4, -0.2) is 28.2 Å². The first-order valence-corrected chi connectivity index (χ1v) is 9.34. The van der Waals surface area contributed by atoms with Gasteiger partial charge in [-0.1, -0.05) is 12.6 Å². The summed E-state index contributed by atoms with van der Waals surface area (Å²) in [6.07, 6.45) is 7.40. The van der Waals surface area contributed by atoms with Crippen molar-refractivity contribution in [3.05, 3.63) is 48.8 Å². The van der Waals surface area contributed by atoms with Crippen molar-refractivity contribution in [1.82, 2.24) is 9.97 Å². The van der Waals surface area contributed by atoms with Gasteiger partial charge in [0.1, 0.15) is 16.5 Å². The van der Waals surface area contributed by atoms with Gasteiger partial charge in [-0.3, -0.25) is 4.79 Å². The number of nitrogens with zero attached hydrogens (tertiary/aromatic N) is 2. The van der Waals surface area contributed by atoms with E-state index in [1.54, 1.807) is 18.0 Å². The van der Waals surface area contributed by atoms with E-state index in [1.165, 1.54) is 18.9 Å². The number of rotatable bonds is 8. The fourth-order valence-corrected chi connectivity index (χ4v) is 2.62. The molecule has 1 saturated carbocycles. The predicted octanol–water partition coefficient (Wildman–Crippen LogP) is 3.51. The zero-order valence-corrected chi connectivity index (χ0v) is 14.9. The average Bonchev–Trinajstić information content (AvgIpc) is 3.45. The number of nitrogens with one attached hydrogen (secondary N) is 3. The zero-order valence-electron chi connectivity index (χ0n) is 14.1. The maximum Gasteiger partial charge on any atom is 0.247 e. The van der Waals surface area contributed by atoms with Gasteiger partial charge in [0.2, 0.25) is 5.91 Å². The van der Waals surface area contributed by atoms with E-state index in [-0.39, 0.29) is 5.91 Å². The summed E-state index contributed by atoms with van der Waals surface area (Å²) >= 11 is 1.57. The number of thioether (sulfide) groups is 1. The minimum atomic E-state index is -0.230. The first kappa shape index (κ1) is 17.3. The maximum absolute atomic E-state index is 11.4. The fourth-order valence-electron chi connectivity index (χ4n) is 2.26. The average molecular weight is 355 g/mol. The molecule has 0 unspecified atom stereocenters. The highest BCUT2D eigenvalue weighted by Crippen LogP contribution is 2.26. The maximum atomic E-state index is 11.4. The van der Waals surface area contributed by atoms with Crippen LogP contribution in [0, 0.1) is 0 Å². The van der Waals surface area contributed by atoms with Crippen LogP contribution in [0.1, 0.15) is 18.5 Å². The summed E-state index contributed by atoms with van der Waals surface area (Å²) in [5.74, 6) is 0.607. The van der Waals surface area contributed by atoms with Crippen LogP contribution < -0.4 is 16.0 Å². The van der Waals surface area contributed by atoms with E-state index in [0.29, 0.717) is 12.6 Å². The largest absolute Gasteiger partial charge is 0.379 e. The number of amides is 1. The van der Waals surface area contributed by atoms with E-state index in [1.807, 2.05) is 30.5 Å². The Balaban J connectivity index is 1.70. The molecule has 1 fully saturated rings. The van der Waals surface area contributed by atoms with Crippen LogP contribution in [0.3, 0.4) is 0 Å². The van der Waals surface area contributed by atoms with Crippen LogP contribution in [0.15, 0.2) is 48.1 Å². The van der Waals surface area contributed by atoms with E-state index in [9.17, 15) is 4.79 Å². The number of aromatic nitrogens is 2. The Kier molecular flexibility index (Phi) is 5.55. The van der Waals surface area contributed by atoms with Crippen molar-refractivity contribution in [2.24, 2.45) is 0 Å². The smallest absolute Gasteiger partial charge is 0.247 e. The minimum Gasteiger partial charge on any atom is -0.379 e. The number of benzene rings is 1. The first-order valence-electron chi connectivity index (χ1n) is 8.11. The first-order chi connectivity index (χ1) is 12.2. The second-order valence-corrected chi connectivity index (χ2v) is 6.58. The van der Waals surface area contributed by atoms with E-state index in [2.05, 4.69) is 32.5 Å². The molecule has 25 heavy (non-hydrogen) atoms. The van der Waals surface area contributed by atoms with Gasteiger partial charge >= 0.3 is 0 Å². The molecule has 1 amide bonds. The summed E-state index contributed by atoms with van der Waals surface area (Å²) in [6, 6.07) is 8.06. The van der Waals surface area contributed by atoms with Gasteiger partial charge in [-0.15, -0.1) is 11.8 Å². The molecule has 0 atom stereocenters. The highest BCUT2D eigenvalue weighted by Gasteiger charge is 2.23. The Bertz CT molecular complexity index is 776.